The Labute approximate surface area is 215 Å². The molecule has 3 aromatic carbocycles. The molecule has 6 heteroatoms. The van der Waals surface area contributed by atoms with E-state index in [0.29, 0.717) is 17.2 Å². The fourth-order valence-corrected chi connectivity index (χ4v) is 6.58. The third-order valence-corrected chi connectivity index (χ3v) is 8.31. The minimum atomic E-state index is -0.633. The van der Waals surface area contributed by atoms with Crippen LogP contribution in [0.1, 0.15) is 50.6 Å². The number of ketones is 1. The Bertz CT molecular complexity index is 1380. The first-order valence-corrected chi connectivity index (χ1v) is 12.7. The first kappa shape index (κ1) is 23.3. The number of benzene rings is 3. The molecule has 2 amide bonds. The average Bonchev–Trinajstić information content (AvgIpc) is 3.59. The molecule has 0 radical (unpaired) electrons. The second-order valence-electron chi connectivity index (χ2n) is 10.4. The van der Waals surface area contributed by atoms with Crippen LogP contribution in [0.4, 0.5) is 5.69 Å². The fourth-order valence-electron chi connectivity index (χ4n) is 6.58. The maximum atomic E-state index is 13.5. The van der Waals surface area contributed by atoms with Gasteiger partial charge in [-0.15, -0.1) is 0 Å². The largest absolute Gasteiger partial charge is 0.454 e. The minimum absolute atomic E-state index is 0.131. The van der Waals surface area contributed by atoms with Gasteiger partial charge in [0.25, 0.3) is 0 Å². The summed E-state index contributed by atoms with van der Waals surface area (Å²) in [5.74, 6) is -1.01. The number of aryl methyl sites for hydroxylation is 1. The van der Waals surface area contributed by atoms with Gasteiger partial charge in [0.15, 0.2) is 12.4 Å². The second kappa shape index (κ2) is 9.11. The number of fused-ring (bicyclic) bond motifs is 5. The number of hydrogen-bond donors (Lipinski definition) is 0. The summed E-state index contributed by atoms with van der Waals surface area (Å²) in [5, 5.41) is 0. The molecule has 186 valence electrons. The summed E-state index contributed by atoms with van der Waals surface area (Å²) in [6.07, 6.45) is 1.86. The van der Waals surface area contributed by atoms with Crippen molar-refractivity contribution in [3.05, 3.63) is 101 Å². The lowest BCUT2D eigenvalue weighted by Crippen LogP contribution is -2.33. The summed E-state index contributed by atoms with van der Waals surface area (Å²) < 4.78 is 5.20. The molecule has 5 atom stereocenters. The predicted molar refractivity (Wildman–Crippen MR) is 137 cm³/mol. The Morgan fingerprint density at radius 1 is 0.811 bits per heavy atom. The SMILES string of the molecule is Cc1ccc(C(=O)COC(=O)c2ccc(N3C(=O)C4C5CC(c6ccccc6)C(C5)C4C3=O)cc2)cc1. The van der Waals surface area contributed by atoms with Crippen LogP contribution in [-0.4, -0.2) is 30.2 Å². The standard InChI is InChI=1S/C31H27NO5/c1-18-7-9-20(10-8-18)26(33)17-37-31(36)21-11-13-23(14-12-21)32-29(34)27-22-15-24(19-5-3-2-4-6-19)25(16-22)28(27)30(32)35/h2-14,22,24-25,27-28H,15-17H2,1H3. The van der Waals surface area contributed by atoms with Gasteiger partial charge in [-0.2, -0.15) is 0 Å². The highest BCUT2D eigenvalue weighted by Gasteiger charge is 2.64. The molecule has 1 saturated heterocycles. The van der Waals surface area contributed by atoms with Crippen molar-refractivity contribution in [3.8, 4) is 0 Å². The van der Waals surface area contributed by atoms with Gasteiger partial charge < -0.3 is 4.74 Å². The first-order chi connectivity index (χ1) is 17.9. The van der Waals surface area contributed by atoms with Gasteiger partial charge in [0.1, 0.15) is 0 Å². The molecule has 0 aromatic heterocycles. The van der Waals surface area contributed by atoms with Crippen LogP contribution < -0.4 is 4.90 Å². The van der Waals surface area contributed by atoms with E-state index < -0.39 is 5.97 Å². The number of ether oxygens (including phenoxy) is 1. The molecular formula is C31H27NO5. The lowest BCUT2D eigenvalue weighted by Gasteiger charge is -2.28. The molecule has 0 spiro atoms. The Morgan fingerprint density at radius 3 is 2.16 bits per heavy atom. The van der Waals surface area contributed by atoms with Crippen molar-refractivity contribution >= 4 is 29.3 Å². The number of nitrogens with zero attached hydrogens (tertiary/aromatic N) is 1. The average molecular weight is 494 g/mol. The van der Waals surface area contributed by atoms with Crippen LogP contribution in [0.3, 0.4) is 0 Å². The van der Waals surface area contributed by atoms with Crippen LogP contribution in [0.25, 0.3) is 0 Å². The summed E-state index contributed by atoms with van der Waals surface area (Å²) in [6.45, 7) is 1.57. The van der Waals surface area contributed by atoms with E-state index in [9.17, 15) is 19.2 Å². The summed E-state index contributed by atoms with van der Waals surface area (Å²) in [5.41, 5.74) is 3.48. The summed E-state index contributed by atoms with van der Waals surface area (Å²) in [6, 6.07) is 23.6. The van der Waals surface area contributed by atoms with Gasteiger partial charge in [-0.25, -0.2) is 4.79 Å². The normalized spacial score (nSPS) is 25.9. The lowest BCUT2D eigenvalue weighted by molar-refractivity contribution is -0.123. The third kappa shape index (κ3) is 3.97. The monoisotopic (exact) mass is 493 g/mol. The Morgan fingerprint density at radius 2 is 1.46 bits per heavy atom. The van der Waals surface area contributed by atoms with Crippen molar-refractivity contribution < 1.29 is 23.9 Å². The van der Waals surface area contributed by atoms with Crippen molar-refractivity contribution in [3.63, 3.8) is 0 Å². The van der Waals surface area contributed by atoms with E-state index in [1.54, 1.807) is 24.3 Å². The molecule has 37 heavy (non-hydrogen) atoms. The van der Waals surface area contributed by atoms with E-state index in [4.69, 9.17) is 4.74 Å². The molecule has 2 saturated carbocycles. The Balaban J connectivity index is 1.13. The van der Waals surface area contributed by atoms with Gasteiger partial charge >= 0.3 is 5.97 Å². The predicted octanol–water partition coefficient (Wildman–Crippen LogP) is 4.96. The number of esters is 1. The lowest BCUT2D eigenvalue weighted by atomic mass is 9.73. The molecule has 5 unspecified atom stereocenters. The van der Waals surface area contributed by atoms with Gasteiger partial charge in [0.2, 0.25) is 11.8 Å². The van der Waals surface area contributed by atoms with Gasteiger partial charge in [0.05, 0.1) is 23.1 Å². The molecule has 3 fully saturated rings. The van der Waals surface area contributed by atoms with E-state index in [-0.39, 0.29) is 53.4 Å². The molecule has 0 N–H and O–H groups in total. The van der Waals surface area contributed by atoms with Crippen LogP contribution in [0.5, 0.6) is 0 Å². The van der Waals surface area contributed by atoms with Crippen LogP contribution >= 0.6 is 0 Å². The number of Topliss-reactive ketones (excluding diaryl/α,β-unsaturated/α-hetero) is 1. The van der Waals surface area contributed by atoms with Crippen LogP contribution in [0.15, 0.2) is 78.9 Å². The van der Waals surface area contributed by atoms with Crippen LogP contribution in [-0.2, 0) is 14.3 Å². The number of carbonyl (C=O) groups is 4. The zero-order chi connectivity index (χ0) is 25.7. The van der Waals surface area contributed by atoms with Crippen molar-refractivity contribution in [1.82, 2.24) is 0 Å². The number of hydrogen-bond acceptors (Lipinski definition) is 5. The zero-order valence-electron chi connectivity index (χ0n) is 20.5. The van der Waals surface area contributed by atoms with Gasteiger partial charge in [-0.1, -0.05) is 60.2 Å². The number of imide groups is 1. The van der Waals surface area contributed by atoms with Crippen molar-refractivity contribution in [2.45, 2.75) is 25.7 Å². The number of rotatable bonds is 6. The smallest absolute Gasteiger partial charge is 0.338 e. The molecule has 6 rings (SSSR count). The molecule has 3 aliphatic rings. The fraction of sp³-hybridized carbons (Fsp3) is 0.290. The highest BCUT2D eigenvalue weighted by atomic mass is 16.5. The number of anilines is 1. The van der Waals surface area contributed by atoms with Crippen molar-refractivity contribution in [2.75, 3.05) is 11.5 Å². The summed E-state index contributed by atoms with van der Waals surface area (Å²) in [7, 11) is 0. The number of amides is 2. The van der Waals surface area contributed by atoms with E-state index in [0.717, 1.165) is 18.4 Å². The van der Waals surface area contributed by atoms with Crippen LogP contribution in [0.2, 0.25) is 0 Å². The number of carbonyl (C=O) groups excluding carboxylic acids is 4. The molecular weight excluding hydrogens is 466 g/mol. The molecule has 1 aliphatic heterocycles. The van der Waals surface area contributed by atoms with E-state index in [1.165, 1.54) is 22.6 Å². The third-order valence-electron chi connectivity index (χ3n) is 8.31. The topological polar surface area (TPSA) is 80.8 Å². The van der Waals surface area contributed by atoms with Gasteiger partial charge in [-0.05, 0) is 67.3 Å². The quantitative estimate of drug-likeness (QED) is 0.275. The molecule has 2 bridgehead atoms. The molecule has 3 aromatic rings. The highest BCUT2D eigenvalue weighted by Crippen LogP contribution is 2.61. The molecule has 1 heterocycles. The highest BCUT2D eigenvalue weighted by molar-refractivity contribution is 6.22. The maximum absolute atomic E-state index is 13.5. The second-order valence-corrected chi connectivity index (χ2v) is 10.4. The molecule has 2 aliphatic carbocycles. The summed E-state index contributed by atoms with van der Waals surface area (Å²) >= 11 is 0. The molecule has 6 nitrogen and oxygen atoms in total. The Kier molecular flexibility index (Phi) is 5.75. The van der Waals surface area contributed by atoms with Crippen molar-refractivity contribution in [1.29, 1.82) is 0 Å². The Hall–Kier alpha value is -4.06. The van der Waals surface area contributed by atoms with Gasteiger partial charge in [-0.3, -0.25) is 19.3 Å². The first-order valence-electron chi connectivity index (χ1n) is 12.7. The van der Waals surface area contributed by atoms with Crippen molar-refractivity contribution in [2.24, 2.45) is 23.7 Å². The zero-order valence-corrected chi connectivity index (χ0v) is 20.5. The minimum Gasteiger partial charge on any atom is -0.454 e. The van der Waals surface area contributed by atoms with Crippen LogP contribution in [0, 0.1) is 30.6 Å². The van der Waals surface area contributed by atoms with E-state index in [1.807, 2.05) is 37.3 Å². The van der Waals surface area contributed by atoms with Gasteiger partial charge in [0, 0.05) is 5.56 Å². The maximum Gasteiger partial charge on any atom is 0.338 e. The van der Waals surface area contributed by atoms with E-state index >= 15 is 0 Å². The van der Waals surface area contributed by atoms with E-state index in [2.05, 4.69) is 12.1 Å². The summed E-state index contributed by atoms with van der Waals surface area (Å²) in [4.78, 5) is 53.0.